The Morgan fingerprint density at radius 3 is 2.63 bits per heavy atom. The summed E-state index contributed by atoms with van der Waals surface area (Å²) in [4.78, 5) is 14.1. The predicted octanol–water partition coefficient (Wildman–Crippen LogP) is 3.36. The summed E-state index contributed by atoms with van der Waals surface area (Å²) in [6.45, 7) is 8.14. The van der Waals surface area contributed by atoms with Crippen LogP contribution in [0.5, 0.6) is 0 Å². The second kappa shape index (κ2) is 7.95. The molecule has 19 heavy (non-hydrogen) atoms. The number of aryl methyl sites for hydroxylation is 2. The third-order valence-corrected chi connectivity index (χ3v) is 3.27. The van der Waals surface area contributed by atoms with Crippen molar-refractivity contribution in [3.63, 3.8) is 0 Å². The lowest BCUT2D eigenvalue weighted by Crippen LogP contribution is -2.25. The van der Waals surface area contributed by atoms with Gasteiger partial charge in [-0.3, -0.25) is 4.79 Å². The fraction of sp³-hybridized carbons (Fsp3) is 0.562. The minimum absolute atomic E-state index is 0.0929. The molecule has 3 nitrogen and oxygen atoms in total. The molecule has 1 aromatic carbocycles. The monoisotopic (exact) mass is 262 g/mol. The first-order chi connectivity index (χ1) is 9.02. The van der Waals surface area contributed by atoms with E-state index in [1.807, 2.05) is 19.1 Å². The van der Waals surface area contributed by atoms with Crippen LogP contribution in [0.4, 0.5) is 5.69 Å². The van der Waals surface area contributed by atoms with Gasteiger partial charge >= 0.3 is 0 Å². The van der Waals surface area contributed by atoms with Gasteiger partial charge in [-0.25, -0.2) is 0 Å². The van der Waals surface area contributed by atoms with E-state index in [1.165, 1.54) is 18.4 Å². The maximum atomic E-state index is 11.9. The molecule has 0 radical (unpaired) electrons. The first kappa shape index (κ1) is 15.7. The molecule has 0 fully saturated rings. The molecule has 0 atom stereocenters. The number of carbonyl (C=O) groups excluding carboxylic acids is 1. The smallest absolute Gasteiger partial charge is 0.225 e. The quantitative estimate of drug-likeness (QED) is 0.817. The number of nitrogens with zero attached hydrogens (tertiary/aromatic N) is 1. The zero-order valence-corrected chi connectivity index (χ0v) is 12.6. The molecule has 0 heterocycles. The summed E-state index contributed by atoms with van der Waals surface area (Å²) in [6.07, 6.45) is 2.93. The third-order valence-electron chi connectivity index (χ3n) is 3.27. The van der Waals surface area contributed by atoms with Crippen LogP contribution in [0.1, 0.15) is 37.3 Å². The van der Waals surface area contributed by atoms with Crippen LogP contribution in [0.25, 0.3) is 0 Å². The van der Waals surface area contributed by atoms with Crippen molar-refractivity contribution in [2.45, 2.75) is 40.0 Å². The topological polar surface area (TPSA) is 32.3 Å². The summed E-state index contributed by atoms with van der Waals surface area (Å²) in [6, 6.07) is 6.09. The molecule has 0 saturated carbocycles. The lowest BCUT2D eigenvalue weighted by atomic mass is 10.1. The van der Waals surface area contributed by atoms with Crippen molar-refractivity contribution >= 4 is 11.6 Å². The van der Waals surface area contributed by atoms with Crippen molar-refractivity contribution in [3.8, 4) is 0 Å². The molecule has 0 aliphatic heterocycles. The van der Waals surface area contributed by atoms with E-state index in [2.05, 4.69) is 37.2 Å². The molecule has 106 valence electrons. The molecule has 1 rings (SSSR count). The van der Waals surface area contributed by atoms with E-state index in [0.717, 1.165) is 24.3 Å². The Bertz CT molecular complexity index is 415. The van der Waals surface area contributed by atoms with Gasteiger partial charge in [-0.05, 0) is 45.5 Å². The highest BCUT2D eigenvalue weighted by Gasteiger charge is 2.06. The molecule has 0 aliphatic rings. The van der Waals surface area contributed by atoms with Gasteiger partial charge in [0, 0.05) is 18.7 Å². The van der Waals surface area contributed by atoms with Crippen LogP contribution in [-0.2, 0) is 4.79 Å². The van der Waals surface area contributed by atoms with E-state index in [9.17, 15) is 4.79 Å². The van der Waals surface area contributed by atoms with Gasteiger partial charge in [0.1, 0.15) is 0 Å². The SMILES string of the molecule is CCCCN(C)CCC(=O)Nc1ccc(C)cc1C. The Morgan fingerprint density at radius 1 is 1.26 bits per heavy atom. The molecular weight excluding hydrogens is 236 g/mol. The summed E-state index contributed by atoms with van der Waals surface area (Å²) >= 11 is 0. The van der Waals surface area contributed by atoms with Crippen molar-refractivity contribution in [1.82, 2.24) is 4.90 Å². The van der Waals surface area contributed by atoms with Gasteiger partial charge in [-0.15, -0.1) is 0 Å². The van der Waals surface area contributed by atoms with Crippen LogP contribution < -0.4 is 5.32 Å². The number of amides is 1. The standard InChI is InChI=1S/C16H26N2O/c1-5-6-10-18(4)11-9-16(19)17-15-8-7-13(2)12-14(15)3/h7-8,12H,5-6,9-11H2,1-4H3,(H,17,19). The predicted molar refractivity (Wildman–Crippen MR) is 81.6 cm³/mol. The Morgan fingerprint density at radius 2 is 2.00 bits per heavy atom. The third kappa shape index (κ3) is 5.88. The normalized spacial score (nSPS) is 10.8. The summed E-state index contributed by atoms with van der Waals surface area (Å²) in [5, 5.41) is 2.98. The van der Waals surface area contributed by atoms with Crippen LogP contribution in [0.15, 0.2) is 18.2 Å². The summed E-state index contributed by atoms with van der Waals surface area (Å²) in [5.41, 5.74) is 3.26. The van der Waals surface area contributed by atoms with Gasteiger partial charge in [-0.2, -0.15) is 0 Å². The maximum absolute atomic E-state index is 11.9. The number of unbranched alkanes of at least 4 members (excludes halogenated alkanes) is 1. The first-order valence-electron chi connectivity index (χ1n) is 7.08. The number of anilines is 1. The van der Waals surface area contributed by atoms with Crippen molar-refractivity contribution in [1.29, 1.82) is 0 Å². The summed E-state index contributed by atoms with van der Waals surface area (Å²) in [5.74, 6) is 0.0929. The van der Waals surface area contributed by atoms with Gasteiger partial charge in [0.15, 0.2) is 0 Å². The Balaban J connectivity index is 2.38. The molecule has 0 bridgehead atoms. The highest BCUT2D eigenvalue weighted by molar-refractivity contribution is 5.91. The number of hydrogen-bond donors (Lipinski definition) is 1. The molecular formula is C16H26N2O. The zero-order valence-electron chi connectivity index (χ0n) is 12.6. The number of hydrogen-bond acceptors (Lipinski definition) is 2. The molecule has 0 spiro atoms. The number of rotatable bonds is 7. The fourth-order valence-corrected chi connectivity index (χ4v) is 2.00. The van der Waals surface area contributed by atoms with Crippen LogP contribution >= 0.6 is 0 Å². The molecule has 0 unspecified atom stereocenters. The van der Waals surface area contributed by atoms with Crippen molar-refractivity contribution in [2.24, 2.45) is 0 Å². The molecule has 0 saturated heterocycles. The minimum atomic E-state index is 0.0929. The van der Waals surface area contributed by atoms with E-state index in [-0.39, 0.29) is 5.91 Å². The average Bonchev–Trinajstić information content (AvgIpc) is 2.37. The van der Waals surface area contributed by atoms with Gasteiger partial charge in [0.25, 0.3) is 0 Å². The van der Waals surface area contributed by atoms with Crippen LogP contribution in [-0.4, -0.2) is 30.9 Å². The second-order valence-electron chi connectivity index (χ2n) is 5.27. The Hall–Kier alpha value is -1.35. The molecule has 1 amide bonds. The highest BCUT2D eigenvalue weighted by Crippen LogP contribution is 2.16. The van der Waals surface area contributed by atoms with Crippen LogP contribution in [0.2, 0.25) is 0 Å². The zero-order chi connectivity index (χ0) is 14.3. The van der Waals surface area contributed by atoms with Crippen LogP contribution in [0, 0.1) is 13.8 Å². The van der Waals surface area contributed by atoms with Gasteiger partial charge < -0.3 is 10.2 Å². The second-order valence-corrected chi connectivity index (χ2v) is 5.27. The first-order valence-corrected chi connectivity index (χ1v) is 7.08. The average molecular weight is 262 g/mol. The van der Waals surface area contributed by atoms with E-state index >= 15 is 0 Å². The minimum Gasteiger partial charge on any atom is -0.326 e. The lowest BCUT2D eigenvalue weighted by Gasteiger charge is -2.16. The van der Waals surface area contributed by atoms with Gasteiger partial charge in [0.2, 0.25) is 5.91 Å². The van der Waals surface area contributed by atoms with Gasteiger partial charge in [0.05, 0.1) is 0 Å². The summed E-state index contributed by atoms with van der Waals surface area (Å²) < 4.78 is 0. The number of carbonyl (C=O) groups is 1. The fourth-order valence-electron chi connectivity index (χ4n) is 2.00. The van der Waals surface area contributed by atoms with E-state index in [1.54, 1.807) is 0 Å². The van der Waals surface area contributed by atoms with Crippen molar-refractivity contribution < 1.29 is 4.79 Å². The number of nitrogens with one attached hydrogen (secondary N) is 1. The maximum Gasteiger partial charge on any atom is 0.225 e. The molecule has 0 aromatic heterocycles. The van der Waals surface area contributed by atoms with Crippen molar-refractivity contribution in [3.05, 3.63) is 29.3 Å². The van der Waals surface area contributed by atoms with Crippen molar-refractivity contribution in [2.75, 3.05) is 25.5 Å². The summed E-state index contributed by atoms with van der Waals surface area (Å²) in [7, 11) is 2.07. The lowest BCUT2D eigenvalue weighted by molar-refractivity contribution is -0.116. The largest absolute Gasteiger partial charge is 0.326 e. The molecule has 3 heteroatoms. The Kier molecular flexibility index (Phi) is 6.57. The van der Waals surface area contributed by atoms with Crippen LogP contribution in [0.3, 0.4) is 0 Å². The van der Waals surface area contributed by atoms with E-state index in [4.69, 9.17) is 0 Å². The van der Waals surface area contributed by atoms with Gasteiger partial charge in [-0.1, -0.05) is 31.0 Å². The number of benzene rings is 1. The molecule has 1 aromatic rings. The molecule has 1 N–H and O–H groups in total. The highest BCUT2D eigenvalue weighted by atomic mass is 16.1. The Labute approximate surface area is 117 Å². The van der Waals surface area contributed by atoms with E-state index in [0.29, 0.717) is 6.42 Å². The molecule has 0 aliphatic carbocycles. The van der Waals surface area contributed by atoms with E-state index < -0.39 is 0 Å².